The number of anilines is 1. The van der Waals surface area contributed by atoms with Gasteiger partial charge in [-0.1, -0.05) is 0 Å². The number of rotatable bonds is 5. The van der Waals surface area contributed by atoms with Crippen molar-refractivity contribution in [2.45, 2.75) is 50.7 Å². The first kappa shape index (κ1) is 20.6. The monoisotopic (exact) mass is 446 g/mol. The Kier molecular flexibility index (Phi) is 5.03. The Bertz CT molecular complexity index is 1300. The number of ether oxygens (including phenoxy) is 1. The van der Waals surface area contributed by atoms with Gasteiger partial charge in [0.15, 0.2) is 5.65 Å². The molecule has 1 saturated heterocycles. The lowest BCUT2D eigenvalue weighted by atomic mass is 9.86. The van der Waals surface area contributed by atoms with Crippen LogP contribution in [0.5, 0.6) is 0 Å². The highest BCUT2D eigenvalue weighted by molar-refractivity contribution is 5.85. The number of pyridine rings is 1. The molecule has 2 fully saturated rings. The number of nitrogens with one attached hydrogen (secondary N) is 1. The van der Waals surface area contributed by atoms with Gasteiger partial charge in [0.25, 0.3) is 0 Å². The second kappa shape index (κ2) is 8.07. The Morgan fingerprint density at radius 3 is 2.70 bits per heavy atom. The van der Waals surface area contributed by atoms with E-state index in [9.17, 15) is 0 Å². The third kappa shape index (κ3) is 3.65. The lowest BCUT2D eigenvalue weighted by molar-refractivity contribution is 0.0701. The fourth-order valence-corrected chi connectivity index (χ4v) is 5.16. The maximum atomic E-state index is 5.57. The largest absolute Gasteiger partial charge is 0.381 e. The van der Waals surface area contributed by atoms with E-state index in [4.69, 9.17) is 14.8 Å². The van der Waals surface area contributed by atoms with Crippen LogP contribution >= 0.6 is 0 Å². The van der Waals surface area contributed by atoms with Gasteiger partial charge in [-0.15, -0.1) is 5.10 Å². The van der Waals surface area contributed by atoms with Crippen LogP contribution in [-0.4, -0.2) is 73.4 Å². The van der Waals surface area contributed by atoms with Gasteiger partial charge in [0.05, 0.1) is 17.2 Å². The van der Waals surface area contributed by atoms with Crippen LogP contribution in [0.3, 0.4) is 0 Å². The maximum Gasteiger partial charge on any atom is 0.241 e. The molecule has 172 valence electrons. The molecule has 2 aliphatic rings. The Balaban J connectivity index is 1.30. The molecule has 1 aliphatic heterocycles. The van der Waals surface area contributed by atoms with Crippen molar-refractivity contribution in [2.75, 3.05) is 32.6 Å². The maximum absolute atomic E-state index is 5.57. The SMILES string of the molecule is Cc1nc2ncc(-c3ccn4nc(NC5CC(N(C)C)C5)ncc34)cc2n1C1CCOCC1. The molecule has 4 aromatic heterocycles. The molecule has 1 N–H and O–H groups in total. The Hall–Kier alpha value is -3.04. The van der Waals surface area contributed by atoms with Gasteiger partial charge in [-0.25, -0.2) is 19.5 Å². The molecule has 9 heteroatoms. The molecule has 0 spiro atoms. The topological polar surface area (TPSA) is 85.4 Å². The van der Waals surface area contributed by atoms with Gasteiger partial charge in [-0.2, -0.15) is 0 Å². The quantitative estimate of drug-likeness (QED) is 0.503. The zero-order chi connectivity index (χ0) is 22.5. The van der Waals surface area contributed by atoms with Gasteiger partial charge >= 0.3 is 0 Å². The van der Waals surface area contributed by atoms with Gasteiger partial charge in [0.1, 0.15) is 5.82 Å². The zero-order valence-electron chi connectivity index (χ0n) is 19.4. The third-order valence-electron chi connectivity index (χ3n) is 7.18. The summed E-state index contributed by atoms with van der Waals surface area (Å²) in [7, 11) is 4.27. The minimum Gasteiger partial charge on any atom is -0.381 e. The van der Waals surface area contributed by atoms with Gasteiger partial charge in [0.2, 0.25) is 5.95 Å². The Morgan fingerprint density at radius 2 is 1.91 bits per heavy atom. The molecule has 5 heterocycles. The first-order valence-electron chi connectivity index (χ1n) is 11.8. The molecule has 1 saturated carbocycles. The molecular weight excluding hydrogens is 416 g/mol. The minimum absolute atomic E-state index is 0.405. The fraction of sp³-hybridized carbons (Fsp3) is 0.500. The van der Waals surface area contributed by atoms with Crippen molar-refractivity contribution in [2.24, 2.45) is 0 Å². The van der Waals surface area contributed by atoms with Crippen LogP contribution in [0.1, 0.15) is 37.5 Å². The molecule has 0 radical (unpaired) electrons. The number of fused-ring (bicyclic) bond motifs is 2. The second-order valence-corrected chi connectivity index (χ2v) is 9.51. The predicted molar refractivity (Wildman–Crippen MR) is 127 cm³/mol. The summed E-state index contributed by atoms with van der Waals surface area (Å²) in [5.41, 5.74) is 4.97. The molecule has 0 unspecified atom stereocenters. The van der Waals surface area contributed by atoms with Crippen LogP contribution in [0.2, 0.25) is 0 Å². The second-order valence-electron chi connectivity index (χ2n) is 9.51. The van der Waals surface area contributed by atoms with Crippen LogP contribution in [-0.2, 0) is 4.74 Å². The molecule has 0 amide bonds. The molecule has 1 aliphatic carbocycles. The molecule has 33 heavy (non-hydrogen) atoms. The molecule has 0 aromatic carbocycles. The average molecular weight is 447 g/mol. The molecule has 4 aromatic rings. The standard InChI is InChI=1S/C24H30N8O/c1-15-27-23-21(32(15)18-5-8-33-9-6-18)10-16(13-25-23)20-4-7-31-22(20)14-26-24(29-31)28-17-11-19(12-17)30(2)3/h4,7,10,13-14,17-19H,5-6,8-9,11-12H2,1-3H3,(H,28,29). The summed E-state index contributed by atoms with van der Waals surface area (Å²) in [6, 6.07) is 5.77. The van der Waals surface area contributed by atoms with Crippen molar-refractivity contribution >= 4 is 22.6 Å². The number of aromatic nitrogens is 6. The summed E-state index contributed by atoms with van der Waals surface area (Å²) in [6.07, 6.45) is 10.1. The van der Waals surface area contributed by atoms with Crippen molar-refractivity contribution in [1.82, 2.24) is 34.0 Å². The average Bonchev–Trinajstić information content (AvgIpc) is 3.35. The van der Waals surface area contributed by atoms with E-state index in [2.05, 4.69) is 57.9 Å². The molecule has 9 nitrogen and oxygen atoms in total. The van der Waals surface area contributed by atoms with E-state index in [-0.39, 0.29) is 0 Å². The van der Waals surface area contributed by atoms with E-state index < -0.39 is 0 Å². The van der Waals surface area contributed by atoms with Crippen molar-refractivity contribution in [3.8, 4) is 11.1 Å². The zero-order valence-corrected chi connectivity index (χ0v) is 19.4. The number of imidazole rings is 1. The van der Waals surface area contributed by atoms with Crippen molar-refractivity contribution in [3.05, 3.63) is 36.5 Å². The van der Waals surface area contributed by atoms with Gasteiger partial charge in [-0.3, -0.25) is 0 Å². The van der Waals surface area contributed by atoms with Crippen LogP contribution in [0.15, 0.2) is 30.7 Å². The summed E-state index contributed by atoms with van der Waals surface area (Å²) in [4.78, 5) is 16.3. The minimum atomic E-state index is 0.405. The van der Waals surface area contributed by atoms with E-state index in [1.807, 2.05) is 23.1 Å². The first-order valence-corrected chi connectivity index (χ1v) is 11.8. The van der Waals surface area contributed by atoms with Crippen LogP contribution in [0, 0.1) is 6.92 Å². The fourth-order valence-electron chi connectivity index (χ4n) is 5.16. The van der Waals surface area contributed by atoms with Gasteiger partial charge < -0.3 is 19.5 Å². The van der Waals surface area contributed by atoms with Gasteiger partial charge in [0, 0.05) is 54.9 Å². The number of nitrogens with zero attached hydrogens (tertiary/aromatic N) is 7. The molecule has 0 atom stereocenters. The Labute approximate surface area is 192 Å². The molecular formula is C24H30N8O. The normalized spacial score (nSPS) is 21.7. The highest BCUT2D eigenvalue weighted by atomic mass is 16.5. The summed E-state index contributed by atoms with van der Waals surface area (Å²) < 4.78 is 9.81. The highest BCUT2D eigenvalue weighted by Gasteiger charge is 2.31. The van der Waals surface area contributed by atoms with Crippen LogP contribution in [0.4, 0.5) is 5.95 Å². The van der Waals surface area contributed by atoms with E-state index in [1.165, 1.54) is 0 Å². The first-order chi connectivity index (χ1) is 16.1. The summed E-state index contributed by atoms with van der Waals surface area (Å²) in [5.74, 6) is 1.68. The summed E-state index contributed by atoms with van der Waals surface area (Å²) in [5, 5.41) is 8.17. The van der Waals surface area contributed by atoms with Crippen molar-refractivity contribution < 1.29 is 4.74 Å². The van der Waals surface area contributed by atoms with Crippen molar-refractivity contribution in [1.29, 1.82) is 0 Å². The van der Waals surface area contributed by atoms with Crippen molar-refractivity contribution in [3.63, 3.8) is 0 Å². The predicted octanol–water partition coefficient (Wildman–Crippen LogP) is 3.31. The number of hydrogen-bond acceptors (Lipinski definition) is 7. The number of hydrogen-bond donors (Lipinski definition) is 1. The smallest absolute Gasteiger partial charge is 0.241 e. The van der Waals surface area contributed by atoms with Crippen LogP contribution in [0.25, 0.3) is 27.8 Å². The van der Waals surface area contributed by atoms with E-state index >= 15 is 0 Å². The highest BCUT2D eigenvalue weighted by Crippen LogP contribution is 2.32. The van der Waals surface area contributed by atoms with E-state index in [1.54, 1.807) is 0 Å². The Morgan fingerprint density at radius 1 is 1.09 bits per heavy atom. The van der Waals surface area contributed by atoms with Crippen LogP contribution < -0.4 is 5.32 Å². The third-order valence-corrected chi connectivity index (χ3v) is 7.18. The lowest BCUT2D eigenvalue weighted by Crippen LogP contribution is -2.47. The summed E-state index contributed by atoms with van der Waals surface area (Å²) >= 11 is 0. The van der Waals surface area contributed by atoms with E-state index in [0.717, 1.165) is 72.5 Å². The van der Waals surface area contributed by atoms with E-state index in [0.29, 0.717) is 24.1 Å². The van der Waals surface area contributed by atoms with Gasteiger partial charge in [-0.05, 0) is 58.8 Å². The number of aryl methyl sites for hydroxylation is 1. The lowest BCUT2D eigenvalue weighted by Gasteiger charge is -2.39. The molecule has 6 rings (SSSR count). The molecule has 0 bridgehead atoms. The summed E-state index contributed by atoms with van der Waals surface area (Å²) in [6.45, 7) is 3.66.